The number of hydrogen-bond acceptors (Lipinski definition) is 5. The molecule has 1 atom stereocenters. The first-order valence-electron chi connectivity index (χ1n) is 8.02. The molecule has 27 heavy (non-hydrogen) atoms. The van der Waals surface area contributed by atoms with Crippen molar-refractivity contribution >= 4 is 35.2 Å². The van der Waals surface area contributed by atoms with Gasteiger partial charge < -0.3 is 21.5 Å². The Hall–Kier alpha value is -3.49. The fourth-order valence-electron chi connectivity index (χ4n) is 2.04. The van der Waals surface area contributed by atoms with Crippen LogP contribution in [-0.4, -0.2) is 40.6 Å². The average Bonchev–Trinajstić information content (AvgIpc) is 2.58. The Morgan fingerprint density at radius 1 is 1.11 bits per heavy atom. The molecule has 1 aromatic rings. The summed E-state index contributed by atoms with van der Waals surface area (Å²) in [6.45, 7) is 2.81. The van der Waals surface area contributed by atoms with E-state index < -0.39 is 29.7 Å². The number of carboxylic acid groups (broad SMARTS) is 1. The van der Waals surface area contributed by atoms with E-state index in [0.717, 1.165) is 6.08 Å². The topological polar surface area (TPSA) is 156 Å². The molecule has 0 bridgehead atoms. The summed E-state index contributed by atoms with van der Waals surface area (Å²) in [5.41, 5.74) is 5.94. The molecule has 0 fully saturated rings. The molecule has 0 aliphatic carbocycles. The number of hydrogen-bond donors (Lipinski definition) is 4. The van der Waals surface area contributed by atoms with Crippen molar-refractivity contribution in [1.82, 2.24) is 5.32 Å². The van der Waals surface area contributed by atoms with E-state index >= 15 is 0 Å². The maximum absolute atomic E-state index is 12.1. The standard InChI is InChI=1S/C18H21N3O6/c1-10(9-16(24)21-14(18(26)27)7-8-15(19)23)17(25)20-13-5-3-12(4-6-13)11(2)22/h3-6,9,14H,7-8H2,1-2H3,(H2,19,23)(H,20,25)(H,21,24)(H,26,27)/b10-9-. The van der Waals surface area contributed by atoms with Crippen LogP contribution < -0.4 is 16.4 Å². The molecule has 0 saturated carbocycles. The molecular formula is C18H21N3O6. The molecule has 0 aromatic heterocycles. The van der Waals surface area contributed by atoms with E-state index in [1.165, 1.54) is 13.8 Å². The van der Waals surface area contributed by atoms with E-state index in [1.807, 2.05) is 0 Å². The molecule has 0 spiro atoms. The number of anilines is 1. The lowest BCUT2D eigenvalue weighted by atomic mass is 10.1. The van der Waals surface area contributed by atoms with Crippen LogP contribution in [0.5, 0.6) is 0 Å². The summed E-state index contributed by atoms with van der Waals surface area (Å²) in [7, 11) is 0. The van der Waals surface area contributed by atoms with Gasteiger partial charge in [-0.25, -0.2) is 4.79 Å². The van der Waals surface area contributed by atoms with Gasteiger partial charge in [-0.2, -0.15) is 0 Å². The Balaban J connectivity index is 2.70. The molecule has 1 unspecified atom stereocenters. The Morgan fingerprint density at radius 3 is 2.19 bits per heavy atom. The zero-order valence-electron chi connectivity index (χ0n) is 14.9. The minimum atomic E-state index is -1.31. The summed E-state index contributed by atoms with van der Waals surface area (Å²) in [6, 6.07) is 4.91. The van der Waals surface area contributed by atoms with Gasteiger partial charge in [-0.15, -0.1) is 0 Å². The van der Waals surface area contributed by atoms with E-state index in [4.69, 9.17) is 10.8 Å². The van der Waals surface area contributed by atoms with Crippen LogP contribution in [0, 0.1) is 0 Å². The summed E-state index contributed by atoms with van der Waals surface area (Å²) in [4.78, 5) is 57.1. The molecule has 0 saturated heterocycles. The van der Waals surface area contributed by atoms with E-state index in [0.29, 0.717) is 11.3 Å². The Kier molecular flexibility index (Phi) is 7.87. The van der Waals surface area contributed by atoms with Gasteiger partial charge in [-0.05, 0) is 44.5 Å². The fraction of sp³-hybridized carbons (Fsp3) is 0.278. The van der Waals surface area contributed by atoms with Gasteiger partial charge in [-0.3, -0.25) is 19.2 Å². The Labute approximate surface area is 155 Å². The molecule has 144 valence electrons. The van der Waals surface area contributed by atoms with E-state index in [1.54, 1.807) is 24.3 Å². The third-order valence-electron chi connectivity index (χ3n) is 3.55. The highest BCUT2D eigenvalue weighted by Gasteiger charge is 2.20. The second-order valence-electron chi connectivity index (χ2n) is 5.82. The number of Topliss-reactive ketones (excluding diaryl/α,β-unsaturated/α-hetero) is 1. The average molecular weight is 375 g/mol. The van der Waals surface area contributed by atoms with Gasteiger partial charge in [0.15, 0.2) is 5.78 Å². The number of amides is 3. The Bertz CT molecular complexity index is 783. The van der Waals surface area contributed by atoms with Crippen LogP contribution in [0.1, 0.15) is 37.0 Å². The number of nitrogens with two attached hydrogens (primary N) is 1. The quantitative estimate of drug-likeness (QED) is 0.366. The summed E-state index contributed by atoms with van der Waals surface area (Å²) >= 11 is 0. The molecule has 1 aromatic carbocycles. The van der Waals surface area contributed by atoms with E-state index in [-0.39, 0.29) is 24.2 Å². The predicted molar refractivity (Wildman–Crippen MR) is 96.8 cm³/mol. The second kappa shape index (κ2) is 9.85. The van der Waals surface area contributed by atoms with Gasteiger partial charge in [0.05, 0.1) is 0 Å². The zero-order valence-corrected chi connectivity index (χ0v) is 14.9. The van der Waals surface area contributed by atoms with Gasteiger partial charge in [0, 0.05) is 29.3 Å². The second-order valence-corrected chi connectivity index (χ2v) is 5.82. The molecule has 0 aliphatic heterocycles. The van der Waals surface area contributed by atoms with Gasteiger partial charge >= 0.3 is 5.97 Å². The van der Waals surface area contributed by atoms with Gasteiger partial charge in [-0.1, -0.05) is 0 Å². The maximum Gasteiger partial charge on any atom is 0.326 e. The van der Waals surface area contributed by atoms with Crippen LogP contribution in [0.25, 0.3) is 0 Å². The van der Waals surface area contributed by atoms with Crippen molar-refractivity contribution in [3.63, 3.8) is 0 Å². The lowest BCUT2D eigenvalue weighted by Gasteiger charge is -2.12. The van der Waals surface area contributed by atoms with Crippen molar-refractivity contribution < 1.29 is 29.1 Å². The number of aliphatic carboxylic acids is 1. The highest BCUT2D eigenvalue weighted by Crippen LogP contribution is 2.11. The van der Waals surface area contributed by atoms with Gasteiger partial charge in [0.1, 0.15) is 6.04 Å². The first-order chi connectivity index (χ1) is 12.6. The van der Waals surface area contributed by atoms with Crippen LogP contribution in [-0.2, 0) is 19.2 Å². The smallest absolute Gasteiger partial charge is 0.326 e. The normalized spacial score (nSPS) is 12.0. The number of benzene rings is 1. The van der Waals surface area contributed by atoms with Crippen molar-refractivity contribution in [3.05, 3.63) is 41.5 Å². The molecule has 3 amide bonds. The number of carbonyl (C=O) groups is 5. The molecule has 9 nitrogen and oxygen atoms in total. The number of rotatable bonds is 9. The van der Waals surface area contributed by atoms with Crippen LogP contribution in [0.4, 0.5) is 5.69 Å². The van der Waals surface area contributed by atoms with E-state index in [9.17, 15) is 24.0 Å². The fourth-order valence-corrected chi connectivity index (χ4v) is 2.04. The number of ketones is 1. The monoisotopic (exact) mass is 375 g/mol. The number of nitrogens with one attached hydrogen (secondary N) is 2. The zero-order chi connectivity index (χ0) is 20.6. The number of carbonyl (C=O) groups excluding carboxylic acids is 4. The maximum atomic E-state index is 12.1. The van der Waals surface area contributed by atoms with Crippen molar-refractivity contribution in [1.29, 1.82) is 0 Å². The summed E-state index contributed by atoms with van der Waals surface area (Å²) in [5, 5.41) is 13.8. The lowest BCUT2D eigenvalue weighted by molar-refractivity contribution is -0.141. The van der Waals surface area contributed by atoms with Crippen LogP contribution in [0.3, 0.4) is 0 Å². The summed E-state index contributed by atoms with van der Waals surface area (Å²) in [5.74, 6) is -3.45. The third kappa shape index (κ3) is 7.51. The van der Waals surface area contributed by atoms with Crippen LogP contribution in [0.2, 0.25) is 0 Å². The van der Waals surface area contributed by atoms with Crippen molar-refractivity contribution in [2.75, 3.05) is 5.32 Å². The SMILES string of the molecule is CC(=O)c1ccc(NC(=O)/C(C)=C\C(=O)NC(CCC(N)=O)C(=O)O)cc1. The Morgan fingerprint density at radius 2 is 1.70 bits per heavy atom. The number of carboxylic acids is 1. The van der Waals surface area contributed by atoms with E-state index in [2.05, 4.69) is 10.6 Å². The van der Waals surface area contributed by atoms with Crippen LogP contribution in [0.15, 0.2) is 35.9 Å². The third-order valence-corrected chi connectivity index (χ3v) is 3.55. The summed E-state index contributed by atoms with van der Waals surface area (Å²) in [6.07, 6.45) is 0.605. The summed E-state index contributed by atoms with van der Waals surface area (Å²) < 4.78 is 0. The van der Waals surface area contributed by atoms with Crippen molar-refractivity contribution in [2.45, 2.75) is 32.7 Å². The molecule has 9 heteroatoms. The molecule has 5 N–H and O–H groups in total. The molecule has 0 heterocycles. The van der Waals surface area contributed by atoms with Crippen molar-refractivity contribution in [3.8, 4) is 0 Å². The van der Waals surface area contributed by atoms with Gasteiger partial charge in [0.25, 0.3) is 5.91 Å². The van der Waals surface area contributed by atoms with Gasteiger partial charge in [0.2, 0.25) is 11.8 Å². The molecular weight excluding hydrogens is 354 g/mol. The van der Waals surface area contributed by atoms with Crippen molar-refractivity contribution in [2.24, 2.45) is 5.73 Å². The minimum Gasteiger partial charge on any atom is -0.480 e. The molecule has 0 aliphatic rings. The first kappa shape index (κ1) is 21.6. The highest BCUT2D eigenvalue weighted by atomic mass is 16.4. The highest BCUT2D eigenvalue weighted by molar-refractivity contribution is 6.07. The lowest BCUT2D eigenvalue weighted by Crippen LogP contribution is -2.40. The molecule has 0 radical (unpaired) electrons. The van der Waals surface area contributed by atoms with Crippen LogP contribution >= 0.6 is 0 Å². The largest absolute Gasteiger partial charge is 0.480 e. The predicted octanol–water partition coefficient (Wildman–Crippen LogP) is 0.609. The number of primary amides is 1. The first-order valence-corrected chi connectivity index (χ1v) is 8.02. The molecule has 1 rings (SSSR count). The minimum absolute atomic E-state index is 0.0437.